The summed E-state index contributed by atoms with van der Waals surface area (Å²) in [5, 5.41) is 4.79. The Hall–Kier alpha value is -6.38. The maximum atomic E-state index is 6.29. The van der Waals surface area contributed by atoms with Crippen LogP contribution >= 0.6 is 0 Å². The van der Waals surface area contributed by atoms with Crippen molar-refractivity contribution in [3.8, 4) is 33.4 Å². The van der Waals surface area contributed by atoms with E-state index in [1.807, 2.05) is 12.1 Å². The quantitative estimate of drug-likeness (QED) is 0.185. The van der Waals surface area contributed by atoms with E-state index in [0.717, 1.165) is 50.1 Å². The molecule has 8 aromatic carbocycles. The van der Waals surface area contributed by atoms with Crippen LogP contribution in [0.2, 0.25) is 0 Å². The summed E-state index contributed by atoms with van der Waals surface area (Å²) in [6.45, 7) is 0. The molecular formula is C46H31NO. The van der Waals surface area contributed by atoms with E-state index >= 15 is 0 Å². The van der Waals surface area contributed by atoms with Crippen LogP contribution < -0.4 is 4.90 Å². The van der Waals surface area contributed by atoms with Crippen molar-refractivity contribution in [3.63, 3.8) is 0 Å². The number of rotatable bonds is 6. The average Bonchev–Trinajstić information content (AvgIpc) is 3.54. The molecule has 1 aromatic heterocycles. The molecule has 226 valence electrons. The predicted octanol–water partition coefficient (Wildman–Crippen LogP) is 13.2. The standard InChI is InChI=1S/C46H31NO/c1-2-15-37(16-3-1)47(44-22-8-6-19-41(44)36-28-29-43-42-20-7-9-23-45(42)48-46(43)31-36)38-17-10-14-35(30-38)32-24-26-34(27-25-32)40-21-11-13-33-12-4-5-18-39(33)40/h1-31H. The normalized spacial score (nSPS) is 11.3. The molecule has 2 heteroatoms. The first kappa shape index (κ1) is 27.9. The van der Waals surface area contributed by atoms with Gasteiger partial charge in [-0.3, -0.25) is 0 Å². The molecule has 0 N–H and O–H groups in total. The number of nitrogens with zero attached hydrogens (tertiary/aromatic N) is 1. The summed E-state index contributed by atoms with van der Waals surface area (Å²) in [6, 6.07) is 66.9. The minimum atomic E-state index is 0.892. The highest BCUT2D eigenvalue weighted by molar-refractivity contribution is 6.06. The van der Waals surface area contributed by atoms with Crippen molar-refractivity contribution in [3.05, 3.63) is 188 Å². The van der Waals surface area contributed by atoms with Gasteiger partial charge in [-0.1, -0.05) is 140 Å². The van der Waals surface area contributed by atoms with Crippen molar-refractivity contribution in [1.82, 2.24) is 0 Å². The Morgan fingerprint density at radius 2 is 0.958 bits per heavy atom. The smallest absolute Gasteiger partial charge is 0.136 e. The monoisotopic (exact) mass is 613 g/mol. The molecule has 9 aromatic rings. The number of hydrogen-bond acceptors (Lipinski definition) is 2. The summed E-state index contributed by atoms with van der Waals surface area (Å²) in [5.74, 6) is 0. The second-order valence-corrected chi connectivity index (χ2v) is 12.2. The van der Waals surface area contributed by atoms with E-state index in [1.165, 1.54) is 33.0 Å². The minimum Gasteiger partial charge on any atom is -0.456 e. The molecule has 2 nitrogen and oxygen atoms in total. The van der Waals surface area contributed by atoms with Crippen LogP contribution in [0.15, 0.2) is 192 Å². The fourth-order valence-electron chi connectivity index (χ4n) is 6.95. The molecule has 0 saturated heterocycles. The van der Waals surface area contributed by atoms with Gasteiger partial charge in [0.05, 0.1) is 5.69 Å². The van der Waals surface area contributed by atoms with Gasteiger partial charge in [0.1, 0.15) is 11.2 Å². The van der Waals surface area contributed by atoms with Crippen molar-refractivity contribution in [1.29, 1.82) is 0 Å². The minimum absolute atomic E-state index is 0.892. The topological polar surface area (TPSA) is 16.4 Å². The zero-order chi connectivity index (χ0) is 31.9. The Balaban J connectivity index is 1.13. The molecule has 0 aliphatic rings. The third-order valence-corrected chi connectivity index (χ3v) is 9.27. The van der Waals surface area contributed by atoms with Crippen molar-refractivity contribution in [2.24, 2.45) is 0 Å². The van der Waals surface area contributed by atoms with E-state index in [0.29, 0.717) is 0 Å². The lowest BCUT2D eigenvalue weighted by atomic mass is 9.96. The molecule has 0 bridgehead atoms. The lowest BCUT2D eigenvalue weighted by Crippen LogP contribution is -2.11. The van der Waals surface area contributed by atoms with E-state index in [4.69, 9.17) is 4.42 Å². The summed E-state index contributed by atoms with van der Waals surface area (Å²) in [7, 11) is 0. The molecule has 9 rings (SSSR count). The van der Waals surface area contributed by atoms with Crippen LogP contribution in [0.3, 0.4) is 0 Å². The van der Waals surface area contributed by atoms with Gasteiger partial charge in [-0.05, 0) is 87.1 Å². The van der Waals surface area contributed by atoms with E-state index in [-0.39, 0.29) is 0 Å². The van der Waals surface area contributed by atoms with Gasteiger partial charge in [-0.25, -0.2) is 0 Å². The van der Waals surface area contributed by atoms with Crippen molar-refractivity contribution in [2.75, 3.05) is 4.90 Å². The molecule has 0 spiro atoms. The molecule has 0 aliphatic heterocycles. The van der Waals surface area contributed by atoms with Crippen molar-refractivity contribution < 1.29 is 4.42 Å². The van der Waals surface area contributed by atoms with Gasteiger partial charge in [-0.15, -0.1) is 0 Å². The second kappa shape index (κ2) is 11.8. The van der Waals surface area contributed by atoms with Crippen LogP contribution in [-0.4, -0.2) is 0 Å². The van der Waals surface area contributed by atoms with Crippen LogP contribution in [0.25, 0.3) is 66.1 Å². The Kier molecular flexibility index (Phi) is 6.84. The first-order valence-electron chi connectivity index (χ1n) is 16.3. The number of benzene rings is 8. The summed E-state index contributed by atoms with van der Waals surface area (Å²) in [6.07, 6.45) is 0. The van der Waals surface area contributed by atoms with Gasteiger partial charge in [0.25, 0.3) is 0 Å². The fourth-order valence-corrected chi connectivity index (χ4v) is 6.95. The largest absolute Gasteiger partial charge is 0.456 e. The van der Waals surface area contributed by atoms with Crippen LogP contribution in [0.1, 0.15) is 0 Å². The molecule has 0 unspecified atom stereocenters. The molecule has 0 atom stereocenters. The van der Waals surface area contributed by atoms with Gasteiger partial charge < -0.3 is 9.32 Å². The average molecular weight is 614 g/mol. The Bertz CT molecular complexity index is 2560. The SMILES string of the molecule is c1ccc(N(c2cccc(-c3ccc(-c4cccc5ccccc45)cc3)c2)c2ccccc2-c2ccc3c(c2)oc2ccccc23)cc1. The molecule has 0 fully saturated rings. The van der Waals surface area contributed by atoms with Gasteiger partial charge >= 0.3 is 0 Å². The van der Waals surface area contributed by atoms with Crippen LogP contribution in [0, 0.1) is 0 Å². The molecule has 0 radical (unpaired) electrons. The number of anilines is 3. The maximum Gasteiger partial charge on any atom is 0.136 e. The van der Waals surface area contributed by atoms with E-state index in [9.17, 15) is 0 Å². The van der Waals surface area contributed by atoms with E-state index in [2.05, 4.69) is 181 Å². The van der Waals surface area contributed by atoms with E-state index < -0.39 is 0 Å². The molecule has 0 aliphatic carbocycles. The number of furan rings is 1. The lowest BCUT2D eigenvalue weighted by molar-refractivity contribution is 0.669. The highest BCUT2D eigenvalue weighted by Gasteiger charge is 2.18. The van der Waals surface area contributed by atoms with Crippen molar-refractivity contribution in [2.45, 2.75) is 0 Å². The Labute approximate surface area is 279 Å². The van der Waals surface area contributed by atoms with Crippen molar-refractivity contribution >= 4 is 49.8 Å². The molecule has 48 heavy (non-hydrogen) atoms. The van der Waals surface area contributed by atoms with Gasteiger partial charge in [0.2, 0.25) is 0 Å². The van der Waals surface area contributed by atoms with Crippen LogP contribution in [0.4, 0.5) is 17.1 Å². The lowest BCUT2D eigenvalue weighted by Gasteiger charge is -2.28. The third-order valence-electron chi connectivity index (χ3n) is 9.27. The van der Waals surface area contributed by atoms with Crippen LogP contribution in [-0.2, 0) is 0 Å². The fraction of sp³-hybridized carbons (Fsp3) is 0. The third kappa shape index (κ3) is 4.92. The zero-order valence-corrected chi connectivity index (χ0v) is 26.3. The molecule has 0 amide bonds. The molecule has 0 saturated carbocycles. The Morgan fingerprint density at radius 1 is 0.333 bits per heavy atom. The summed E-state index contributed by atoms with van der Waals surface area (Å²) < 4.78 is 6.29. The van der Waals surface area contributed by atoms with Gasteiger partial charge in [0, 0.05) is 27.7 Å². The van der Waals surface area contributed by atoms with Crippen LogP contribution in [0.5, 0.6) is 0 Å². The second-order valence-electron chi connectivity index (χ2n) is 12.2. The first-order valence-corrected chi connectivity index (χ1v) is 16.3. The first-order chi connectivity index (χ1) is 23.8. The maximum absolute atomic E-state index is 6.29. The molecular weight excluding hydrogens is 583 g/mol. The zero-order valence-electron chi connectivity index (χ0n) is 26.3. The number of hydrogen-bond donors (Lipinski definition) is 0. The highest BCUT2D eigenvalue weighted by atomic mass is 16.3. The van der Waals surface area contributed by atoms with E-state index in [1.54, 1.807) is 0 Å². The summed E-state index contributed by atoms with van der Waals surface area (Å²) in [5.41, 5.74) is 12.1. The summed E-state index contributed by atoms with van der Waals surface area (Å²) in [4.78, 5) is 2.35. The highest BCUT2D eigenvalue weighted by Crippen LogP contribution is 2.43. The number of fused-ring (bicyclic) bond motifs is 4. The number of para-hydroxylation sites is 3. The molecule has 1 heterocycles. The van der Waals surface area contributed by atoms with Gasteiger partial charge in [-0.2, -0.15) is 0 Å². The summed E-state index contributed by atoms with van der Waals surface area (Å²) >= 11 is 0. The van der Waals surface area contributed by atoms with Gasteiger partial charge in [0.15, 0.2) is 0 Å². The predicted molar refractivity (Wildman–Crippen MR) is 202 cm³/mol. The Morgan fingerprint density at radius 3 is 1.85 bits per heavy atom.